The molecule has 4 heteroatoms. The molecule has 0 bridgehead atoms. The van der Waals surface area contributed by atoms with Crippen molar-refractivity contribution in [2.75, 3.05) is 13.2 Å². The van der Waals surface area contributed by atoms with Crippen molar-refractivity contribution in [1.82, 2.24) is 0 Å². The smallest absolute Gasteiger partial charge is 0.306 e. The van der Waals surface area contributed by atoms with Gasteiger partial charge < -0.3 is 9.47 Å². The predicted octanol–water partition coefficient (Wildman–Crippen LogP) is 5.82. The molecule has 4 nitrogen and oxygen atoms in total. The Balaban J connectivity index is 3.46. The Bertz CT molecular complexity index is 328. The normalized spacial score (nSPS) is 12.0. The highest BCUT2D eigenvalue weighted by atomic mass is 16.5. The number of carbonyl (C=O) groups excluding carboxylic acids is 2. The Hall–Kier alpha value is -1.06. The van der Waals surface area contributed by atoms with Gasteiger partial charge in [0.1, 0.15) is 0 Å². The summed E-state index contributed by atoms with van der Waals surface area (Å²) in [7, 11) is 0. The van der Waals surface area contributed by atoms with Crippen LogP contribution in [-0.2, 0) is 19.1 Å². The zero-order chi connectivity index (χ0) is 18.8. The largest absolute Gasteiger partial charge is 0.466 e. The lowest BCUT2D eigenvalue weighted by Crippen LogP contribution is -2.11. The molecule has 148 valence electrons. The SMILES string of the molecule is CCCOC(=O)CCCCCCCCCC(CC)CC(=O)OCCC. The van der Waals surface area contributed by atoms with Crippen LogP contribution in [0, 0.1) is 5.92 Å². The number of hydrogen-bond donors (Lipinski definition) is 0. The molecule has 0 aliphatic rings. The van der Waals surface area contributed by atoms with Gasteiger partial charge in [-0.05, 0) is 31.6 Å². The first-order chi connectivity index (χ1) is 12.1. The maximum Gasteiger partial charge on any atom is 0.306 e. The van der Waals surface area contributed by atoms with Gasteiger partial charge in [-0.25, -0.2) is 0 Å². The summed E-state index contributed by atoms with van der Waals surface area (Å²) >= 11 is 0. The van der Waals surface area contributed by atoms with Crippen LogP contribution in [0.15, 0.2) is 0 Å². The predicted molar refractivity (Wildman–Crippen MR) is 102 cm³/mol. The van der Waals surface area contributed by atoms with E-state index in [2.05, 4.69) is 6.92 Å². The van der Waals surface area contributed by atoms with Gasteiger partial charge in [0, 0.05) is 12.8 Å². The summed E-state index contributed by atoms with van der Waals surface area (Å²) in [4.78, 5) is 23.0. The number of esters is 2. The molecule has 0 aliphatic carbocycles. The van der Waals surface area contributed by atoms with E-state index in [4.69, 9.17) is 9.47 Å². The van der Waals surface area contributed by atoms with E-state index in [-0.39, 0.29) is 11.9 Å². The lowest BCUT2D eigenvalue weighted by atomic mass is 9.95. The maximum atomic E-state index is 11.7. The van der Waals surface area contributed by atoms with Gasteiger partial charge in [-0.3, -0.25) is 9.59 Å². The van der Waals surface area contributed by atoms with Gasteiger partial charge in [-0.15, -0.1) is 0 Å². The summed E-state index contributed by atoms with van der Waals surface area (Å²) < 4.78 is 10.2. The van der Waals surface area contributed by atoms with Crippen molar-refractivity contribution < 1.29 is 19.1 Å². The second-order valence-electron chi connectivity index (χ2n) is 6.93. The summed E-state index contributed by atoms with van der Waals surface area (Å²) in [6.45, 7) is 7.28. The van der Waals surface area contributed by atoms with Gasteiger partial charge >= 0.3 is 11.9 Å². The van der Waals surface area contributed by atoms with E-state index in [1.807, 2.05) is 13.8 Å². The topological polar surface area (TPSA) is 52.6 Å². The lowest BCUT2D eigenvalue weighted by Gasteiger charge is -2.13. The molecule has 1 atom stereocenters. The molecule has 0 aromatic carbocycles. The number of carbonyl (C=O) groups is 2. The summed E-state index contributed by atoms with van der Waals surface area (Å²) in [5.74, 6) is 0.384. The standard InChI is InChI=1S/C21H40O4/c1-4-16-24-20(22)15-13-11-9-7-8-10-12-14-19(6-3)18-21(23)25-17-5-2/h19H,4-18H2,1-3H3. The highest BCUT2D eigenvalue weighted by Crippen LogP contribution is 2.19. The molecule has 0 aromatic heterocycles. The molecule has 0 fully saturated rings. The molecule has 25 heavy (non-hydrogen) atoms. The van der Waals surface area contributed by atoms with Crippen molar-refractivity contribution in [1.29, 1.82) is 0 Å². The Labute approximate surface area is 155 Å². The minimum atomic E-state index is -0.0510. The van der Waals surface area contributed by atoms with Crippen molar-refractivity contribution in [2.45, 2.75) is 104 Å². The van der Waals surface area contributed by atoms with Crippen LogP contribution in [0.5, 0.6) is 0 Å². The minimum Gasteiger partial charge on any atom is -0.466 e. The average molecular weight is 357 g/mol. The van der Waals surface area contributed by atoms with Gasteiger partial charge in [0.25, 0.3) is 0 Å². The first-order valence-corrected chi connectivity index (χ1v) is 10.4. The zero-order valence-electron chi connectivity index (χ0n) is 16.8. The first-order valence-electron chi connectivity index (χ1n) is 10.4. The highest BCUT2D eigenvalue weighted by Gasteiger charge is 2.12. The third kappa shape index (κ3) is 16.2. The molecule has 0 N–H and O–H groups in total. The van der Waals surface area contributed by atoms with E-state index in [1.54, 1.807) is 0 Å². The molecular weight excluding hydrogens is 316 g/mol. The summed E-state index contributed by atoms with van der Waals surface area (Å²) in [6.07, 6.45) is 13.3. The Morgan fingerprint density at radius 2 is 1.24 bits per heavy atom. The minimum absolute atomic E-state index is 0.0360. The van der Waals surface area contributed by atoms with E-state index in [0.29, 0.717) is 32.0 Å². The molecule has 0 spiro atoms. The Kier molecular flexibility index (Phi) is 17.0. The zero-order valence-corrected chi connectivity index (χ0v) is 16.8. The van der Waals surface area contributed by atoms with Gasteiger partial charge in [-0.1, -0.05) is 65.7 Å². The third-order valence-corrected chi connectivity index (χ3v) is 4.46. The van der Waals surface area contributed by atoms with E-state index in [1.165, 1.54) is 32.1 Å². The second-order valence-corrected chi connectivity index (χ2v) is 6.93. The van der Waals surface area contributed by atoms with Crippen LogP contribution in [0.4, 0.5) is 0 Å². The van der Waals surface area contributed by atoms with Crippen LogP contribution in [0.1, 0.15) is 104 Å². The number of hydrogen-bond acceptors (Lipinski definition) is 4. The monoisotopic (exact) mass is 356 g/mol. The summed E-state index contributed by atoms with van der Waals surface area (Å²) in [5, 5.41) is 0. The van der Waals surface area contributed by atoms with Crippen LogP contribution in [0.3, 0.4) is 0 Å². The number of unbranched alkanes of at least 4 members (excludes halogenated alkanes) is 6. The molecule has 0 aliphatic heterocycles. The highest BCUT2D eigenvalue weighted by molar-refractivity contribution is 5.69. The third-order valence-electron chi connectivity index (χ3n) is 4.46. The van der Waals surface area contributed by atoms with Crippen molar-refractivity contribution in [3.8, 4) is 0 Å². The van der Waals surface area contributed by atoms with E-state index < -0.39 is 0 Å². The molecule has 0 radical (unpaired) electrons. The molecule has 0 saturated carbocycles. The molecule has 0 rings (SSSR count). The van der Waals surface area contributed by atoms with Gasteiger partial charge in [0.15, 0.2) is 0 Å². The van der Waals surface area contributed by atoms with Crippen molar-refractivity contribution >= 4 is 11.9 Å². The Morgan fingerprint density at radius 3 is 1.80 bits per heavy atom. The van der Waals surface area contributed by atoms with Crippen molar-refractivity contribution in [2.24, 2.45) is 5.92 Å². The van der Waals surface area contributed by atoms with E-state index in [9.17, 15) is 9.59 Å². The first kappa shape index (κ1) is 23.9. The van der Waals surface area contributed by atoms with Crippen LogP contribution >= 0.6 is 0 Å². The van der Waals surface area contributed by atoms with Gasteiger partial charge in [0.2, 0.25) is 0 Å². The fourth-order valence-electron chi connectivity index (χ4n) is 2.84. The Morgan fingerprint density at radius 1 is 0.720 bits per heavy atom. The molecule has 0 amide bonds. The van der Waals surface area contributed by atoms with Crippen LogP contribution < -0.4 is 0 Å². The molecule has 0 saturated heterocycles. The average Bonchev–Trinajstić information content (AvgIpc) is 2.62. The molecule has 0 aromatic rings. The van der Waals surface area contributed by atoms with E-state index in [0.717, 1.165) is 38.5 Å². The van der Waals surface area contributed by atoms with Gasteiger partial charge in [-0.2, -0.15) is 0 Å². The molecule has 1 unspecified atom stereocenters. The van der Waals surface area contributed by atoms with Crippen molar-refractivity contribution in [3.05, 3.63) is 0 Å². The summed E-state index contributed by atoms with van der Waals surface area (Å²) in [6, 6.07) is 0. The van der Waals surface area contributed by atoms with Gasteiger partial charge in [0.05, 0.1) is 13.2 Å². The fraction of sp³-hybridized carbons (Fsp3) is 0.905. The van der Waals surface area contributed by atoms with Crippen LogP contribution in [0.25, 0.3) is 0 Å². The molecular formula is C21H40O4. The van der Waals surface area contributed by atoms with Crippen molar-refractivity contribution in [3.63, 3.8) is 0 Å². The second kappa shape index (κ2) is 17.8. The quantitative estimate of drug-likeness (QED) is 0.243. The van der Waals surface area contributed by atoms with Crippen LogP contribution in [0.2, 0.25) is 0 Å². The van der Waals surface area contributed by atoms with Crippen LogP contribution in [-0.4, -0.2) is 25.2 Å². The maximum absolute atomic E-state index is 11.7. The number of ether oxygens (including phenoxy) is 2. The number of rotatable bonds is 17. The molecule has 0 heterocycles. The van der Waals surface area contributed by atoms with E-state index >= 15 is 0 Å². The fourth-order valence-corrected chi connectivity index (χ4v) is 2.84. The summed E-state index contributed by atoms with van der Waals surface area (Å²) in [5.41, 5.74) is 0. The lowest BCUT2D eigenvalue weighted by molar-refractivity contribution is -0.145.